The van der Waals surface area contributed by atoms with Crippen molar-refractivity contribution in [3.05, 3.63) is 132 Å². The largest absolute Gasteiger partial charge is 0.497 e. The summed E-state index contributed by atoms with van der Waals surface area (Å²) in [6, 6.07) is 19.4. The number of anilines is 2. The number of carbonyl (C=O) groups is 2. The van der Waals surface area contributed by atoms with Crippen molar-refractivity contribution in [1.82, 2.24) is 19.7 Å². The van der Waals surface area contributed by atoms with Gasteiger partial charge in [0.15, 0.2) is 17.3 Å². The van der Waals surface area contributed by atoms with E-state index >= 15 is 4.39 Å². The van der Waals surface area contributed by atoms with Crippen LogP contribution in [0.1, 0.15) is 55.4 Å². The van der Waals surface area contributed by atoms with E-state index in [4.69, 9.17) is 9.47 Å². The molecule has 52 heavy (non-hydrogen) atoms. The van der Waals surface area contributed by atoms with Crippen LogP contribution < -0.4 is 20.1 Å². The van der Waals surface area contributed by atoms with Crippen molar-refractivity contribution in [1.29, 1.82) is 0 Å². The summed E-state index contributed by atoms with van der Waals surface area (Å²) in [4.78, 5) is 31.4. The monoisotopic (exact) mass is 720 g/mol. The summed E-state index contributed by atoms with van der Waals surface area (Å²) < 4.78 is 68.9. The first-order chi connectivity index (χ1) is 24.5. The Bertz CT molecular complexity index is 1970. The molecule has 0 bridgehead atoms. The lowest BCUT2D eigenvalue weighted by atomic mass is 10.1. The second-order valence-corrected chi connectivity index (χ2v) is 10.5. The number of carbonyl (C=O) groups excluding carboxylic acids is 2. The normalized spacial score (nSPS) is 11.6. The molecule has 5 aromatic rings. The molecule has 0 spiro atoms. The summed E-state index contributed by atoms with van der Waals surface area (Å²) in [5.74, 6) is -1.08. The fraction of sp³-hybridized carbons (Fsp3) is 0.211. The molecule has 0 radical (unpaired) electrons. The standard InChI is InChI=1S/C32H24F4N6O4.C3H6.C2H6.CH4/c1-45-22-10-7-19(8-11-22)17-41-18-24-26(13-14-37-29(24)40-31(41)44)46-27-12-9-20(15-25(27)33)39-30(43)23-16-38-42(28(23)32(34,35)36)21-5-3-2-4-6-21;1-3-2;1-2;/h2-16H,17-18H2,1H3,(H,39,43)(H,37,40,44);3H,1H2,2H3;1-2H3;1H4. The maximum Gasteiger partial charge on any atom is 0.434 e. The number of urea groups is 1. The lowest BCUT2D eigenvalue weighted by Gasteiger charge is -2.29. The molecule has 1 aliphatic heterocycles. The minimum absolute atomic E-state index is 0. The van der Waals surface area contributed by atoms with Gasteiger partial charge in [-0.15, -0.1) is 6.58 Å². The molecule has 2 aromatic heterocycles. The van der Waals surface area contributed by atoms with Crippen molar-refractivity contribution in [3.8, 4) is 22.9 Å². The predicted octanol–water partition coefficient (Wildman–Crippen LogP) is 9.88. The highest BCUT2D eigenvalue weighted by molar-refractivity contribution is 6.05. The van der Waals surface area contributed by atoms with Gasteiger partial charge in [0.05, 0.1) is 36.7 Å². The van der Waals surface area contributed by atoms with Gasteiger partial charge < -0.3 is 19.7 Å². The van der Waals surface area contributed by atoms with Gasteiger partial charge in [0.2, 0.25) is 0 Å². The Morgan fingerprint density at radius 3 is 2.33 bits per heavy atom. The van der Waals surface area contributed by atoms with Crippen LogP contribution in [-0.2, 0) is 19.3 Å². The minimum Gasteiger partial charge on any atom is -0.497 e. The number of amides is 3. The summed E-state index contributed by atoms with van der Waals surface area (Å²) in [5, 5.41) is 8.78. The first kappa shape index (κ1) is 40.3. The molecule has 3 amide bonds. The Labute approximate surface area is 299 Å². The number of nitrogens with one attached hydrogen (secondary N) is 2. The van der Waals surface area contributed by atoms with Crippen LogP contribution in [0.5, 0.6) is 17.2 Å². The Morgan fingerprint density at radius 1 is 1.04 bits per heavy atom. The molecular weight excluding hydrogens is 680 g/mol. The number of aromatic nitrogens is 3. The number of fused-ring (bicyclic) bond motifs is 1. The number of alkyl halides is 3. The summed E-state index contributed by atoms with van der Waals surface area (Å²) in [7, 11) is 1.56. The Balaban J connectivity index is 0.00000116. The van der Waals surface area contributed by atoms with E-state index < -0.39 is 29.2 Å². The number of nitrogens with zero attached hydrogens (tertiary/aromatic N) is 4. The average molecular weight is 721 g/mol. The SMILES string of the molecule is C.C=CC.CC.COc1ccc(CN2Cc3c(Oc4ccc(NC(=O)c5cnn(-c6ccccc6)c5C(F)(F)F)cc4F)ccnc3NC2=O)cc1. The van der Waals surface area contributed by atoms with E-state index in [-0.39, 0.29) is 55.2 Å². The quantitative estimate of drug-likeness (QED) is 0.122. The highest BCUT2D eigenvalue weighted by atomic mass is 19.4. The number of ether oxygens (including phenoxy) is 2. The third-order valence-corrected chi connectivity index (χ3v) is 7.10. The lowest BCUT2D eigenvalue weighted by molar-refractivity contribution is -0.143. The zero-order chi connectivity index (χ0) is 37.1. The molecule has 0 saturated carbocycles. The van der Waals surface area contributed by atoms with E-state index in [1.807, 2.05) is 32.9 Å². The van der Waals surface area contributed by atoms with Crippen molar-refractivity contribution in [2.24, 2.45) is 0 Å². The molecule has 0 unspecified atom stereocenters. The molecule has 0 aliphatic carbocycles. The molecule has 6 rings (SSSR count). The van der Waals surface area contributed by atoms with Crippen LogP contribution in [0.15, 0.2) is 104 Å². The van der Waals surface area contributed by atoms with E-state index in [1.165, 1.54) is 41.4 Å². The number of para-hydroxylation sites is 1. The number of halogens is 4. The smallest absolute Gasteiger partial charge is 0.434 e. The Hall–Kier alpha value is -6.18. The number of rotatable bonds is 8. The number of hydrogen-bond acceptors (Lipinski definition) is 6. The Kier molecular flexibility index (Phi) is 14.1. The second kappa shape index (κ2) is 18.2. The number of benzene rings is 3. The maximum absolute atomic E-state index is 15.2. The second-order valence-electron chi connectivity index (χ2n) is 10.5. The van der Waals surface area contributed by atoms with Gasteiger partial charge >= 0.3 is 12.2 Å². The lowest BCUT2D eigenvalue weighted by Crippen LogP contribution is -2.38. The number of methoxy groups -OCH3 is 1. The molecular formula is C38H40F4N6O4. The topological polar surface area (TPSA) is 111 Å². The van der Waals surface area contributed by atoms with Gasteiger partial charge in [0.25, 0.3) is 5.91 Å². The van der Waals surface area contributed by atoms with Crippen LogP contribution in [0.2, 0.25) is 0 Å². The van der Waals surface area contributed by atoms with Gasteiger partial charge in [0.1, 0.15) is 17.3 Å². The average Bonchev–Trinajstić information content (AvgIpc) is 3.59. The van der Waals surface area contributed by atoms with Crippen LogP contribution in [0.3, 0.4) is 0 Å². The molecule has 2 N–H and O–H groups in total. The van der Waals surface area contributed by atoms with E-state index in [9.17, 15) is 22.8 Å². The highest BCUT2D eigenvalue weighted by Crippen LogP contribution is 2.36. The summed E-state index contributed by atoms with van der Waals surface area (Å²) >= 11 is 0. The van der Waals surface area contributed by atoms with Crippen molar-refractivity contribution in [2.75, 3.05) is 17.7 Å². The molecule has 3 heterocycles. The molecule has 0 fully saturated rings. The first-order valence-corrected chi connectivity index (χ1v) is 15.8. The fourth-order valence-corrected chi connectivity index (χ4v) is 4.88. The van der Waals surface area contributed by atoms with Gasteiger partial charge in [-0.1, -0.05) is 57.7 Å². The maximum atomic E-state index is 15.2. The molecule has 3 aromatic carbocycles. The third kappa shape index (κ3) is 9.53. The van der Waals surface area contributed by atoms with Gasteiger partial charge in [-0.25, -0.2) is 18.9 Å². The fourth-order valence-electron chi connectivity index (χ4n) is 4.88. The summed E-state index contributed by atoms with van der Waals surface area (Å²) in [5.41, 5.74) is -0.645. The number of allylic oxidation sites excluding steroid dienone is 1. The molecule has 0 atom stereocenters. The zero-order valence-corrected chi connectivity index (χ0v) is 28.3. The van der Waals surface area contributed by atoms with Crippen LogP contribution >= 0.6 is 0 Å². The van der Waals surface area contributed by atoms with Crippen LogP contribution in [-0.4, -0.2) is 38.7 Å². The molecule has 10 nitrogen and oxygen atoms in total. The minimum atomic E-state index is -4.91. The molecule has 1 aliphatic rings. The van der Waals surface area contributed by atoms with Gasteiger partial charge in [-0.3, -0.25) is 10.1 Å². The van der Waals surface area contributed by atoms with Crippen LogP contribution in [0, 0.1) is 5.82 Å². The van der Waals surface area contributed by atoms with Crippen molar-refractivity contribution in [2.45, 2.75) is 47.5 Å². The Morgan fingerprint density at radius 2 is 1.71 bits per heavy atom. The van der Waals surface area contributed by atoms with Crippen molar-refractivity contribution in [3.63, 3.8) is 0 Å². The zero-order valence-electron chi connectivity index (χ0n) is 28.3. The van der Waals surface area contributed by atoms with E-state index in [2.05, 4.69) is 27.3 Å². The van der Waals surface area contributed by atoms with E-state index in [0.717, 1.165) is 17.8 Å². The van der Waals surface area contributed by atoms with Crippen molar-refractivity contribution < 1.29 is 36.6 Å². The van der Waals surface area contributed by atoms with Crippen LogP contribution in [0.4, 0.5) is 33.9 Å². The van der Waals surface area contributed by atoms with Gasteiger partial charge in [-0.05, 0) is 55.0 Å². The van der Waals surface area contributed by atoms with Crippen LogP contribution in [0.25, 0.3) is 5.69 Å². The summed E-state index contributed by atoms with van der Waals surface area (Å²) in [6.45, 7) is 9.64. The third-order valence-electron chi connectivity index (χ3n) is 7.10. The molecule has 274 valence electrons. The van der Waals surface area contributed by atoms with E-state index in [0.29, 0.717) is 16.0 Å². The number of pyridine rings is 1. The molecule has 14 heteroatoms. The van der Waals surface area contributed by atoms with E-state index in [1.54, 1.807) is 43.5 Å². The number of hydrogen-bond donors (Lipinski definition) is 2. The van der Waals surface area contributed by atoms with Crippen molar-refractivity contribution >= 4 is 23.4 Å². The molecule has 0 saturated heterocycles. The van der Waals surface area contributed by atoms with Gasteiger partial charge in [0, 0.05) is 24.5 Å². The first-order valence-electron chi connectivity index (χ1n) is 15.8. The van der Waals surface area contributed by atoms with Gasteiger partial charge in [-0.2, -0.15) is 18.3 Å². The summed E-state index contributed by atoms with van der Waals surface area (Å²) in [6.07, 6.45) is -0.953. The predicted molar refractivity (Wildman–Crippen MR) is 192 cm³/mol. The highest BCUT2D eigenvalue weighted by Gasteiger charge is 2.40.